The van der Waals surface area contributed by atoms with E-state index >= 15 is 0 Å². The summed E-state index contributed by atoms with van der Waals surface area (Å²) in [5.74, 6) is 0.405. The van der Waals surface area contributed by atoms with E-state index in [1.165, 1.54) is 0 Å². The zero-order valence-corrected chi connectivity index (χ0v) is 17.9. The Balaban J connectivity index is 1.78. The van der Waals surface area contributed by atoms with Crippen LogP contribution >= 0.6 is 0 Å². The van der Waals surface area contributed by atoms with Gasteiger partial charge in [0.1, 0.15) is 11.4 Å². The third kappa shape index (κ3) is 4.67. The van der Waals surface area contributed by atoms with Crippen molar-refractivity contribution in [1.29, 1.82) is 0 Å². The molecule has 0 fully saturated rings. The Labute approximate surface area is 171 Å². The Morgan fingerprint density at radius 2 is 1.90 bits per heavy atom. The number of benzene rings is 1. The van der Waals surface area contributed by atoms with Crippen LogP contribution < -0.4 is 15.1 Å². The molecule has 3 rings (SSSR count). The van der Waals surface area contributed by atoms with E-state index in [0.717, 1.165) is 16.9 Å². The Kier molecular flexibility index (Phi) is 5.50. The van der Waals surface area contributed by atoms with E-state index in [2.05, 4.69) is 10.3 Å². The van der Waals surface area contributed by atoms with E-state index in [9.17, 15) is 9.59 Å². The van der Waals surface area contributed by atoms with Gasteiger partial charge in [-0.05, 0) is 70.0 Å². The van der Waals surface area contributed by atoms with Gasteiger partial charge in [-0.2, -0.15) is 0 Å². The summed E-state index contributed by atoms with van der Waals surface area (Å²) in [4.78, 5) is 33.2. The highest BCUT2D eigenvalue weighted by Crippen LogP contribution is 2.32. The number of nitrogens with one attached hydrogen (secondary N) is 1. The molecule has 7 nitrogen and oxygen atoms in total. The average molecular weight is 396 g/mol. The summed E-state index contributed by atoms with van der Waals surface area (Å²) >= 11 is 0. The topological polar surface area (TPSA) is 74.8 Å². The lowest BCUT2D eigenvalue weighted by atomic mass is 10.1. The van der Waals surface area contributed by atoms with Crippen molar-refractivity contribution in [2.75, 3.05) is 35.8 Å². The molecule has 7 heteroatoms. The van der Waals surface area contributed by atoms with Crippen molar-refractivity contribution in [3.05, 3.63) is 47.2 Å². The summed E-state index contributed by atoms with van der Waals surface area (Å²) in [7, 11) is 3.72. The molecule has 2 heterocycles. The van der Waals surface area contributed by atoms with E-state index in [-0.39, 0.29) is 12.0 Å². The number of aryl methyl sites for hydroxylation is 1. The van der Waals surface area contributed by atoms with Crippen LogP contribution in [0.2, 0.25) is 0 Å². The number of aromatic nitrogens is 1. The van der Waals surface area contributed by atoms with Crippen molar-refractivity contribution in [3.63, 3.8) is 0 Å². The van der Waals surface area contributed by atoms with Gasteiger partial charge in [0.15, 0.2) is 0 Å². The van der Waals surface area contributed by atoms with Gasteiger partial charge in [-0.25, -0.2) is 9.78 Å². The highest BCUT2D eigenvalue weighted by atomic mass is 16.6. The molecule has 1 N–H and O–H groups in total. The first-order chi connectivity index (χ1) is 13.5. The number of hydrogen-bond donors (Lipinski definition) is 1. The number of pyridine rings is 1. The van der Waals surface area contributed by atoms with Gasteiger partial charge in [-0.3, -0.25) is 9.69 Å². The van der Waals surface area contributed by atoms with Crippen LogP contribution in [-0.2, 0) is 11.2 Å². The van der Waals surface area contributed by atoms with Crippen molar-refractivity contribution in [3.8, 4) is 0 Å². The number of carbonyl (C=O) groups excluding carboxylic acids is 2. The number of ether oxygens (including phenoxy) is 1. The molecule has 1 aliphatic rings. The molecule has 0 bridgehead atoms. The van der Waals surface area contributed by atoms with Crippen molar-refractivity contribution in [2.24, 2.45) is 0 Å². The zero-order chi connectivity index (χ0) is 21.3. The highest BCUT2D eigenvalue weighted by Gasteiger charge is 2.29. The molecule has 0 radical (unpaired) electrons. The fraction of sp³-hybridized carbons (Fsp3) is 0.409. The summed E-state index contributed by atoms with van der Waals surface area (Å²) in [5.41, 5.74) is 3.33. The number of fused-ring (bicyclic) bond motifs is 1. The third-order valence-corrected chi connectivity index (χ3v) is 4.53. The molecule has 2 aromatic rings. The first-order valence-corrected chi connectivity index (χ1v) is 9.65. The number of nitrogens with zero attached hydrogens (tertiary/aromatic N) is 3. The quantitative estimate of drug-likeness (QED) is 0.849. The van der Waals surface area contributed by atoms with E-state index < -0.39 is 5.60 Å². The maximum Gasteiger partial charge on any atom is 0.414 e. The maximum atomic E-state index is 12.8. The summed E-state index contributed by atoms with van der Waals surface area (Å²) < 4.78 is 5.48. The van der Waals surface area contributed by atoms with Crippen molar-refractivity contribution < 1.29 is 14.3 Å². The molecule has 1 aromatic carbocycles. The average Bonchev–Trinajstić information content (AvgIpc) is 3.03. The summed E-state index contributed by atoms with van der Waals surface area (Å²) in [6.45, 7) is 8.01. The molecule has 0 spiro atoms. The van der Waals surface area contributed by atoms with Gasteiger partial charge in [0, 0.05) is 32.0 Å². The molecule has 154 valence electrons. The van der Waals surface area contributed by atoms with E-state index in [4.69, 9.17) is 4.74 Å². The first kappa shape index (κ1) is 20.6. The zero-order valence-electron chi connectivity index (χ0n) is 17.9. The van der Waals surface area contributed by atoms with Crippen molar-refractivity contribution >= 4 is 29.2 Å². The molecule has 1 aliphatic heterocycles. The minimum atomic E-state index is -0.542. The van der Waals surface area contributed by atoms with E-state index in [0.29, 0.717) is 30.0 Å². The van der Waals surface area contributed by atoms with Crippen molar-refractivity contribution in [2.45, 2.75) is 39.7 Å². The fourth-order valence-electron chi connectivity index (χ4n) is 3.25. The molecule has 29 heavy (non-hydrogen) atoms. The van der Waals surface area contributed by atoms with Gasteiger partial charge in [0.25, 0.3) is 5.91 Å². The molecular weight excluding hydrogens is 368 g/mol. The van der Waals surface area contributed by atoms with Crippen LogP contribution in [0.5, 0.6) is 0 Å². The monoisotopic (exact) mass is 396 g/mol. The van der Waals surface area contributed by atoms with Crippen LogP contribution in [0.4, 0.5) is 22.0 Å². The smallest absolute Gasteiger partial charge is 0.414 e. The van der Waals surface area contributed by atoms with Crippen LogP contribution in [0.25, 0.3) is 0 Å². The van der Waals surface area contributed by atoms with E-state index in [1.807, 2.05) is 64.9 Å². The Hall–Kier alpha value is -3.09. The lowest BCUT2D eigenvalue weighted by Gasteiger charge is -2.24. The second-order valence-electron chi connectivity index (χ2n) is 8.40. The lowest BCUT2D eigenvalue weighted by Crippen LogP contribution is -2.35. The summed E-state index contributed by atoms with van der Waals surface area (Å²) in [6.07, 6.45) is 0.363. The minimum Gasteiger partial charge on any atom is -0.443 e. The summed E-state index contributed by atoms with van der Waals surface area (Å²) in [6, 6.07) is 9.17. The lowest BCUT2D eigenvalue weighted by molar-refractivity contribution is 0.0584. The van der Waals surface area contributed by atoms with Gasteiger partial charge in [-0.1, -0.05) is 0 Å². The number of rotatable bonds is 3. The Morgan fingerprint density at radius 1 is 1.17 bits per heavy atom. The Bertz CT molecular complexity index is 948. The predicted octanol–water partition coefficient (Wildman–Crippen LogP) is 4.01. The number of carbonyl (C=O) groups is 2. The normalized spacial score (nSPS) is 13.1. The number of anilines is 3. The predicted molar refractivity (Wildman–Crippen MR) is 115 cm³/mol. The SMILES string of the molecule is Cc1ccc(C(=O)Nc2ccc3c(c2)CCN3C(=O)OC(C)(C)C)c(N(C)C)n1. The molecule has 0 atom stereocenters. The third-order valence-electron chi connectivity index (χ3n) is 4.53. The molecule has 0 unspecified atom stereocenters. The first-order valence-electron chi connectivity index (χ1n) is 9.65. The number of hydrogen-bond acceptors (Lipinski definition) is 5. The van der Waals surface area contributed by atoms with Crippen molar-refractivity contribution in [1.82, 2.24) is 4.98 Å². The molecule has 0 saturated heterocycles. The van der Waals surface area contributed by atoms with Gasteiger partial charge < -0.3 is 15.0 Å². The summed E-state index contributed by atoms with van der Waals surface area (Å²) in [5, 5.41) is 2.94. The van der Waals surface area contributed by atoms with Gasteiger partial charge in [0.05, 0.1) is 11.3 Å². The largest absolute Gasteiger partial charge is 0.443 e. The Morgan fingerprint density at radius 3 is 2.55 bits per heavy atom. The minimum absolute atomic E-state index is 0.219. The fourth-order valence-corrected chi connectivity index (χ4v) is 3.25. The second kappa shape index (κ2) is 7.73. The van der Waals surface area contributed by atoms with Gasteiger partial charge in [-0.15, -0.1) is 0 Å². The van der Waals surface area contributed by atoms with E-state index in [1.54, 1.807) is 17.0 Å². The molecule has 0 aliphatic carbocycles. The molecule has 1 aromatic heterocycles. The number of amides is 2. The van der Waals surface area contributed by atoms with Crippen LogP contribution in [0.3, 0.4) is 0 Å². The van der Waals surface area contributed by atoms with Crippen LogP contribution in [0.15, 0.2) is 30.3 Å². The highest BCUT2D eigenvalue weighted by molar-refractivity contribution is 6.07. The van der Waals surface area contributed by atoms with Crippen LogP contribution in [0.1, 0.15) is 42.4 Å². The molecule has 0 saturated carbocycles. The van der Waals surface area contributed by atoms with Gasteiger partial charge in [0.2, 0.25) is 0 Å². The standard InChI is InChI=1S/C22H28N4O3/c1-14-7-9-17(19(23-14)25(5)6)20(27)24-16-8-10-18-15(13-16)11-12-26(18)21(28)29-22(2,3)4/h7-10,13H,11-12H2,1-6H3,(H,24,27). The molecular formula is C22H28N4O3. The van der Waals surface area contributed by atoms with Gasteiger partial charge >= 0.3 is 6.09 Å². The maximum absolute atomic E-state index is 12.8. The molecule has 2 amide bonds. The van der Waals surface area contributed by atoms with Crippen LogP contribution in [-0.4, -0.2) is 43.2 Å². The van der Waals surface area contributed by atoms with Crippen LogP contribution in [0, 0.1) is 6.92 Å². The second-order valence-corrected chi connectivity index (χ2v) is 8.40.